The van der Waals surface area contributed by atoms with Gasteiger partial charge >= 0.3 is 5.97 Å². The van der Waals surface area contributed by atoms with Gasteiger partial charge in [-0.3, -0.25) is 4.79 Å². The number of esters is 1. The van der Waals surface area contributed by atoms with Crippen LogP contribution in [0.25, 0.3) is 0 Å². The zero-order valence-corrected chi connectivity index (χ0v) is 10.8. The molecule has 0 radical (unpaired) electrons. The number of hydrogen-bond donors (Lipinski definition) is 0. The van der Waals surface area contributed by atoms with Crippen LogP contribution in [0.1, 0.15) is 46.0 Å². The lowest BCUT2D eigenvalue weighted by Gasteiger charge is -2.06. The van der Waals surface area contributed by atoms with Crippen molar-refractivity contribution in [2.24, 2.45) is 5.92 Å². The molecule has 0 spiro atoms. The van der Waals surface area contributed by atoms with Crippen molar-refractivity contribution in [1.82, 2.24) is 0 Å². The van der Waals surface area contributed by atoms with Crippen LogP contribution in [0, 0.1) is 5.92 Å². The molecule has 0 unspecified atom stereocenters. The zero-order chi connectivity index (χ0) is 10.8. The number of carbonyl (C=O) groups excluding carboxylic acids is 1. The number of carbonyl (C=O) groups is 1. The molecule has 0 aromatic rings. The summed E-state index contributed by atoms with van der Waals surface area (Å²) in [5.74, 6) is 0.393. The first-order chi connectivity index (χ1) is 6.66. The Morgan fingerprint density at radius 3 is 2.43 bits per heavy atom. The Kier molecular flexibility index (Phi) is 9.47. The summed E-state index contributed by atoms with van der Waals surface area (Å²) in [5.41, 5.74) is 0. The van der Waals surface area contributed by atoms with Gasteiger partial charge in [-0.25, -0.2) is 0 Å². The number of rotatable bonds is 8. The standard InChI is InChI=1S/C11H21BrO2/c1-10(2)9-14-11(13)7-5-3-4-6-8-12/h10H,3-9H2,1-2H3. The Balaban J connectivity index is 3.18. The monoisotopic (exact) mass is 264 g/mol. The molecule has 0 saturated carbocycles. The molecule has 0 amide bonds. The van der Waals surface area contributed by atoms with Crippen LogP contribution < -0.4 is 0 Å². The second kappa shape index (κ2) is 9.50. The van der Waals surface area contributed by atoms with E-state index in [0.717, 1.165) is 18.2 Å². The molecule has 84 valence electrons. The molecule has 0 aliphatic rings. The van der Waals surface area contributed by atoms with Gasteiger partial charge in [0.25, 0.3) is 0 Å². The van der Waals surface area contributed by atoms with E-state index >= 15 is 0 Å². The fraction of sp³-hybridized carbons (Fsp3) is 0.909. The number of hydrogen-bond acceptors (Lipinski definition) is 2. The number of ether oxygens (including phenoxy) is 1. The van der Waals surface area contributed by atoms with E-state index in [1.165, 1.54) is 12.8 Å². The van der Waals surface area contributed by atoms with Gasteiger partial charge in [-0.05, 0) is 18.8 Å². The molecule has 0 atom stereocenters. The molecule has 0 bridgehead atoms. The van der Waals surface area contributed by atoms with Crippen LogP contribution in [-0.2, 0) is 9.53 Å². The molecule has 2 nitrogen and oxygen atoms in total. The highest BCUT2D eigenvalue weighted by Crippen LogP contribution is 2.06. The van der Waals surface area contributed by atoms with Gasteiger partial charge in [0, 0.05) is 11.8 Å². The third-order valence-electron chi connectivity index (χ3n) is 1.84. The van der Waals surface area contributed by atoms with Crippen molar-refractivity contribution in [3.8, 4) is 0 Å². The Morgan fingerprint density at radius 1 is 1.21 bits per heavy atom. The highest BCUT2D eigenvalue weighted by atomic mass is 79.9. The van der Waals surface area contributed by atoms with E-state index < -0.39 is 0 Å². The third-order valence-corrected chi connectivity index (χ3v) is 2.40. The minimum atomic E-state index is -0.0439. The number of unbranched alkanes of at least 4 members (excludes halogenated alkanes) is 3. The summed E-state index contributed by atoms with van der Waals surface area (Å²) in [4.78, 5) is 11.1. The van der Waals surface area contributed by atoms with Crippen LogP contribution in [0.3, 0.4) is 0 Å². The SMILES string of the molecule is CC(C)COC(=O)CCCCCCBr. The molecular formula is C11H21BrO2. The maximum absolute atomic E-state index is 11.1. The predicted molar refractivity (Wildman–Crippen MR) is 62.7 cm³/mol. The molecule has 14 heavy (non-hydrogen) atoms. The minimum Gasteiger partial charge on any atom is -0.465 e. The van der Waals surface area contributed by atoms with Crippen molar-refractivity contribution in [3.63, 3.8) is 0 Å². The van der Waals surface area contributed by atoms with Crippen LogP contribution >= 0.6 is 15.9 Å². The molecule has 0 N–H and O–H groups in total. The van der Waals surface area contributed by atoms with Gasteiger partial charge in [-0.2, -0.15) is 0 Å². The highest BCUT2D eigenvalue weighted by Gasteiger charge is 2.03. The largest absolute Gasteiger partial charge is 0.465 e. The molecular weight excluding hydrogens is 244 g/mol. The lowest BCUT2D eigenvalue weighted by atomic mass is 10.1. The van der Waals surface area contributed by atoms with Gasteiger partial charge in [0.2, 0.25) is 0 Å². The fourth-order valence-electron chi connectivity index (χ4n) is 1.05. The minimum absolute atomic E-state index is 0.0439. The van der Waals surface area contributed by atoms with E-state index in [9.17, 15) is 4.79 Å². The Bertz CT molecular complexity index is 146. The van der Waals surface area contributed by atoms with E-state index in [2.05, 4.69) is 15.9 Å². The van der Waals surface area contributed by atoms with Gasteiger partial charge < -0.3 is 4.74 Å². The van der Waals surface area contributed by atoms with Crippen molar-refractivity contribution < 1.29 is 9.53 Å². The van der Waals surface area contributed by atoms with E-state index in [1.54, 1.807) is 0 Å². The first-order valence-corrected chi connectivity index (χ1v) is 6.50. The second-order valence-electron chi connectivity index (χ2n) is 3.93. The lowest BCUT2D eigenvalue weighted by molar-refractivity contribution is -0.144. The summed E-state index contributed by atoms with van der Waals surface area (Å²) in [5, 5.41) is 1.06. The van der Waals surface area contributed by atoms with Crippen LogP contribution in [0.5, 0.6) is 0 Å². The summed E-state index contributed by atoms with van der Waals surface area (Å²) in [7, 11) is 0. The fourth-order valence-corrected chi connectivity index (χ4v) is 1.45. The Morgan fingerprint density at radius 2 is 1.86 bits per heavy atom. The summed E-state index contributed by atoms with van der Waals surface area (Å²) in [6, 6.07) is 0. The lowest BCUT2D eigenvalue weighted by Crippen LogP contribution is -2.09. The van der Waals surface area contributed by atoms with E-state index in [-0.39, 0.29) is 5.97 Å². The molecule has 0 rings (SSSR count). The first kappa shape index (κ1) is 13.9. The average Bonchev–Trinajstić information content (AvgIpc) is 2.14. The van der Waals surface area contributed by atoms with Crippen LogP contribution in [0.2, 0.25) is 0 Å². The number of halogens is 1. The van der Waals surface area contributed by atoms with Gasteiger partial charge in [0.15, 0.2) is 0 Å². The molecule has 0 heterocycles. The van der Waals surface area contributed by atoms with E-state index in [4.69, 9.17) is 4.74 Å². The van der Waals surface area contributed by atoms with Crippen molar-refractivity contribution in [2.75, 3.05) is 11.9 Å². The number of alkyl halides is 1. The summed E-state index contributed by atoms with van der Waals surface area (Å²) in [6.07, 6.45) is 5.06. The van der Waals surface area contributed by atoms with Crippen molar-refractivity contribution >= 4 is 21.9 Å². The highest BCUT2D eigenvalue weighted by molar-refractivity contribution is 9.09. The molecule has 0 saturated heterocycles. The first-order valence-electron chi connectivity index (χ1n) is 5.38. The second-order valence-corrected chi connectivity index (χ2v) is 4.72. The van der Waals surface area contributed by atoms with Gasteiger partial charge in [0.05, 0.1) is 6.61 Å². The van der Waals surface area contributed by atoms with Crippen molar-refractivity contribution in [2.45, 2.75) is 46.0 Å². The average molecular weight is 265 g/mol. The van der Waals surface area contributed by atoms with E-state index in [1.807, 2.05) is 13.8 Å². The summed E-state index contributed by atoms with van der Waals surface area (Å²) < 4.78 is 5.06. The maximum atomic E-state index is 11.1. The molecule has 0 aromatic carbocycles. The van der Waals surface area contributed by atoms with Gasteiger partial charge in [-0.15, -0.1) is 0 Å². The van der Waals surface area contributed by atoms with Crippen LogP contribution in [-0.4, -0.2) is 17.9 Å². The van der Waals surface area contributed by atoms with Crippen LogP contribution in [0.4, 0.5) is 0 Å². The zero-order valence-electron chi connectivity index (χ0n) is 9.22. The summed E-state index contributed by atoms with van der Waals surface area (Å²) in [6.45, 7) is 4.65. The Hall–Kier alpha value is -0.0500. The summed E-state index contributed by atoms with van der Waals surface area (Å²) >= 11 is 3.38. The topological polar surface area (TPSA) is 26.3 Å². The smallest absolute Gasteiger partial charge is 0.305 e. The predicted octanol–water partition coefficient (Wildman–Crippen LogP) is 3.53. The third kappa shape index (κ3) is 10.0. The normalized spacial score (nSPS) is 10.6. The van der Waals surface area contributed by atoms with Crippen LogP contribution in [0.15, 0.2) is 0 Å². The van der Waals surface area contributed by atoms with Crippen molar-refractivity contribution in [3.05, 3.63) is 0 Å². The molecule has 0 aliphatic heterocycles. The maximum Gasteiger partial charge on any atom is 0.305 e. The van der Waals surface area contributed by atoms with Crippen molar-refractivity contribution in [1.29, 1.82) is 0 Å². The van der Waals surface area contributed by atoms with E-state index in [0.29, 0.717) is 18.9 Å². The Labute approximate surface area is 95.5 Å². The molecule has 0 aromatic heterocycles. The molecule has 0 aliphatic carbocycles. The van der Waals surface area contributed by atoms with Gasteiger partial charge in [0.1, 0.15) is 0 Å². The molecule has 0 fully saturated rings. The molecule has 3 heteroatoms. The van der Waals surface area contributed by atoms with Gasteiger partial charge in [-0.1, -0.05) is 42.6 Å². The quantitative estimate of drug-likeness (QED) is 0.381.